The van der Waals surface area contributed by atoms with Gasteiger partial charge in [-0.1, -0.05) is 6.92 Å². The lowest BCUT2D eigenvalue weighted by Gasteiger charge is -2.41. The summed E-state index contributed by atoms with van der Waals surface area (Å²) in [7, 11) is 1.45. The first-order valence-corrected chi connectivity index (χ1v) is 14.4. The molecule has 2 amide bonds. The fourth-order valence-corrected chi connectivity index (χ4v) is 5.49. The van der Waals surface area contributed by atoms with Crippen molar-refractivity contribution in [2.75, 3.05) is 59.7 Å². The summed E-state index contributed by atoms with van der Waals surface area (Å²) in [6.45, 7) is 4.28. The highest BCUT2D eigenvalue weighted by Gasteiger charge is 2.42. The van der Waals surface area contributed by atoms with Crippen molar-refractivity contribution < 1.29 is 43.9 Å². The molecule has 222 valence electrons. The number of ketones is 1. The van der Waals surface area contributed by atoms with Crippen molar-refractivity contribution in [2.24, 2.45) is 0 Å². The number of rotatable bonds is 13. The Kier molecular flexibility index (Phi) is 12.6. The number of aliphatic hydroxyl groups is 3. The molecular weight excluding hydrogens is 637 g/mol. The summed E-state index contributed by atoms with van der Waals surface area (Å²) in [6, 6.07) is 2.39. The number of nitrogens with one attached hydrogen (secondary N) is 1. The summed E-state index contributed by atoms with van der Waals surface area (Å²) in [5, 5.41) is 33.0. The fourth-order valence-electron chi connectivity index (χ4n) is 4.70. The highest BCUT2D eigenvalue weighted by molar-refractivity contribution is 14.1. The van der Waals surface area contributed by atoms with Gasteiger partial charge in [-0.2, -0.15) is 0 Å². The van der Waals surface area contributed by atoms with E-state index >= 15 is 0 Å². The molecule has 0 aromatic heterocycles. The van der Waals surface area contributed by atoms with Crippen molar-refractivity contribution in [3.8, 4) is 11.5 Å². The molecule has 12 nitrogen and oxygen atoms in total. The van der Waals surface area contributed by atoms with Gasteiger partial charge in [0.1, 0.15) is 12.2 Å². The molecular formula is C27H38IN3O9. The van der Waals surface area contributed by atoms with Crippen molar-refractivity contribution in [1.82, 2.24) is 15.1 Å². The van der Waals surface area contributed by atoms with Gasteiger partial charge in [-0.25, -0.2) is 0 Å². The predicted molar refractivity (Wildman–Crippen MR) is 153 cm³/mol. The lowest BCUT2D eigenvalue weighted by atomic mass is 9.87. The van der Waals surface area contributed by atoms with E-state index < -0.39 is 35.8 Å². The predicted octanol–water partition coefficient (Wildman–Crippen LogP) is -0.152. The van der Waals surface area contributed by atoms with Crippen molar-refractivity contribution >= 4 is 40.2 Å². The SMILES string of the molecule is CCC(=O)C(=O)N(CCN1CCOCC1)C1CC(C(=O)NCCO)=CC(Oc2c(I)cc(CO)cc2OC)C1O. The molecule has 4 N–H and O–H groups in total. The molecule has 2 aliphatic rings. The molecule has 1 aromatic rings. The third kappa shape index (κ3) is 8.13. The topological polar surface area (TPSA) is 158 Å². The number of halogens is 1. The van der Waals surface area contributed by atoms with Crippen LogP contribution in [0.4, 0.5) is 0 Å². The number of amides is 2. The number of Topliss-reactive ketones (excluding diaryl/α,β-unsaturated/α-hetero) is 1. The Hall–Kier alpha value is -2.30. The number of ether oxygens (including phenoxy) is 3. The lowest BCUT2D eigenvalue weighted by Crippen LogP contribution is -2.58. The van der Waals surface area contributed by atoms with Gasteiger partial charge in [0.15, 0.2) is 11.5 Å². The van der Waals surface area contributed by atoms with E-state index in [1.165, 1.54) is 18.1 Å². The van der Waals surface area contributed by atoms with Gasteiger partial charge >= 0.3 is 0 Å². The second kappa shape index (κ2) is 15.6. The monoisotopic (exact) mass is 675 g/mol. The number of aliphatic hydroxyl groups excluding tert-OH is 3. The van der Waals surface area contributed by atoms with E-state index in [4.69, 9.17) is 14.2 Å². The first-order chi connectivity index (χ1) is 19.2. The third-order valence-corrected chi connectivity index (χ3v) is 7.72. The number of hydrogen-bond acceptors (Lipinski definition) is 10. The zero-order valence-electron chi connectivity index (χ0n) is 22.8. The van der Waals surface area contributed by atoms with Gasteiger partial charge in [0, 0.05) is 51.1 Å². The van der Waals surface area contributed by atoms with E-state index in [9.17, 15) is 29.7 Å². The van der Waals surface area contributed by atoms with Gasteiger partial charge in [0.25, 0.3) is 5.91 Å². The van der Waals surface area contributed by atoms with E-state index in [0.717, 1.165) is 0 Å². The van der Waals surface area contributed by atoms with Crippen molar-refractivity contribution in [3.05, 3.63) is 32.9 Å². The van der Waals surface area contributed by atoms with E-state index in [1.54, 1.807) is 19.1 Å². The number of hydrogen-bond donors (Lipinski definition) is 4. The standard InChI is InChI=1S/C27H38IN3O9/c1-3-21(34)27(37)31(6-5-30-7-10-39-11-8-30)20-14-18(26(36)29-4-9-32)15-22(24(20)35)40-25-19(28)12-17(16-33)13-23(25)38-2/h12-13,15,20,22,24,32-33,35H,3-11,14,16H2,1-2H3,(H,29,36). The minimum absolute atomic E-state index is 0.00190. The Bertz CT molecular complexity index is 1080. The largest absolute Gasteiger partial charge is 0.493 e. The minimum atomic E-state index is -1.29. The van der Waals surface area contributed by atoms with Gasteiger partial charge in [-0.15, -0.1) is 0 Å². The summed E-state index contributed by atoms with van der Waals surface area (Å²) in [5.41, 5.74) is 0.857. The van der Waals surface area contributed by atoms with Gasteiger partial charge in [-0.05, 0) is 46.4 Å². The molecule has 3 atom stereocenters. The zero-order chi connectivity index (χ0) is 29.2. The van der Waals surface area contributed by atoms with E-state index in [-0.39, 0.29) is 44.7 Å². The van der Waals surface area contributed by atoms with Crippen LogP contribution in [0.5, 0.6) is 11.5 Å². The van der Waals surface area contributed by atoms with E-state index in [1.807, 2.05) is 22.6 Å². The third-order valence-electron chi connectivity index (χ3n) is 6.92. The maximum absolute atomic E-state index is 13.3. The van der Waals surface area contributed by atoms with Crippen LogP contribution in [-0.4, -0.2) is 121 Å². The molecule has 13 heteroatoms. The summed E-state index contributed by atoms with van der Waals surface area (Å²) in [5.74, 6) is -1.17. The Morgan fingerprint density at radius 1 is 1.23 bits per heavy atom. The fraction of sp³-hybridized carbons (Fsp3) is 0.593. The maximum Gasteiger partial charge on any atom is 0.290 e. The van der Waals surface area contributed by atoms with Crippen LogP contribution in [0.15, 0.2) is 23.8 Å². The van der Waals surface area contributed by atoms with Crippen LogP contribution in [0.2, 0.25) is 0 Å². The van der Waals surface area contributed by atoms with Crippen LogP contribution in [0, 0.1) is 3.57 Å². The Morgan fingerprint density at radius 2 is 1.95 bits per heavy atom. The van der Waals surface area contributed by atoms with Crippen LogP contribution < -0.4 is 14.8 Å². The Balaban J connectivity index is 1.97. The first-order valence-electron chi connectivity index (χ1n) is 13.3. The van der Waals surface area contributed by atoms with Gasteiger partial charge in [0.05, 0.1) is 43.1 Å². The van der Waals surface area contributed by atoms with E-state index in [2.05, 4.69) is 10.2 Å². The normalized spacial score (nSPS) is 21.4. The molecule has 1 aliphatic heterocycles. The number of benzene rings is 1. The second-order valence-corrected chi connectivity index (χ2v) is 10.7. The van der Waals surface area contributed by atoms with Crippen LogP contribution in [0.3, 0.4) is 0 Å². The summed E-state index contributed by atoms with van der Waals surface area (Å²) >= 11 is 2.03. The summed E-state index contributed by atoms with van der Waals surface area (Å²) in [4.78, 5) is 42.4. The minimum Gasteiger partial charge on any atom is -0.493 e. The van der Waals surface area contributed by atoms with Crippen LogP contribution >= 0.6 is 22.6 Å². The van der Waals surface area contributed by atoms with Gasteiger partial charge < -0.3 is 39.7 Å². The molecule has 3 unspecified atom stereocenters. The molecule has 1 aromatic carbocycles. The summed E-state index contributed by atoms with van der Waals surface area (Å²) in [6.07, 6.45) is -0.878. The van der Waals surface area contributed by atoms with Crippen molar-refractivity contribution in [2.45, 2.75) is 44.6 Å². The highest BCUT2D eigenvalue weighted by Crippen LogP contribution is 2.37. The first kappa shape index (κ1) is 32.2. The van der Waals surface area contributed by atoms with Crippen LogP contribution in [-0.2, 0) is 25.7 Å². The maximum atomic E-state index is 13.3. The number of carbonyl (C=O) groups is 3. The molecule has 1 fully saturated rings. The number of morpholine rings is 1. The molecule has 0 spiro atoms. The number of carbonyl (C=O) groups excluding carboxylic acids is 3. The van der Waals surface area contributed by atoms with Crippen molar-refractivity contribution in [3.63, 3.8) is 0 Å². The second-order valence-electron chi connectivity index (χ2n) is 9.51. The number of methoxy groups -OCH3 is 1. The Labute approximate surface area is 247 Å². The van der Waals surface area contributed by atoms with Gasteiger partial charge in [-0.3, -0.25) is 19.3 Å². The molecule has 0 bridgehead atoms. The van der Waals surface area contributed by atoms with Gasteiger partial charge in [0.2, 0.25) is 11.7 Å². The smallest absolute Gasteiger partial charge is 0.290 e. The summed E-state index contributed by atoms with van der Waals surface area (Å²) < 4.78 is 17.7. The molecule has 1 saturated heterocycles. The average molecular weight is 676 g/mol. The molecule has 0 radical (unpaired) electrons. The Morgan fingerprint density at radius 3 is 2.58 bits per heavy atom. The van der Waals surface area contributed by atoms with E-state index in [0.29, 0.717) is 53.5 Å². The van der Waals surface area contributed by atoms with Crippen LogP contribution in [0.25, 0.3) is 0 Å². The molecule has 1 heterocycles. The highest BCUT2D eigenvalue weighted by atomic mass is 127. The molecule has 1 aliphatic carbocycles. The lowest BCUT2D eigenvalue weighted by molar-refractivity contribution is -0.149. The van der Waals surface area contributed by atoms with Crippen LogP contribution in [0.1, 0.15) is 25.3 Å². The average Bonchev–Trinajstić information content (AvgIpc) is 2.97. The number of nitrogens with zero attached hydrogens (tertiary/aromatic N) is 2. The zero-order valence-corrected chi connectivity index (χ0v) is 25.0. The molecule has 0 saturated carbocycles. The van der Waals surface area contributed by atoms with Crippen molar-refractivity contribution in [1.29, 1.82) is 0 Å². The quantitative estimate of drug-likeness (QED) is 0.164. The molecule has 40 heavy (non-hydrogen) atoms. The molecule has 3 rings (SSSR count).